The topological polar surface area (TPSA) is 31.5 Å². The molecule has 0 aromatic heterocycles. The standard InChI is InChI=1S/C4H6.H2O/c1-3-4-2;/h3-4H,1-2H2;1H2. The number of allylic oxidation sites excluding steroid dienone is 2. The molecule has 0 aliphatic heterocycles. The summed E-state index contributed by atoms with van der Waals surface area (Å²) in [4.78, 5) is 0. The van der Waals surface area contributed by atoms with Gasteiger partial charge < -0.3 is 5.48 Å². The largest absolute Gasteiger partial charge is 0.412 e. The fourth-order valence-electron chi connectivity index (χ4n) is 0. The second-order valence-corrected chi connectivity index (χ2v) is 0.471. The molecule has 0 aromatic rings. The van der Waals surface area contributed by atoms with Gasteiger partial charge in [-0.15, -0.1) is 0 Å². The zero-order valence-corrected chi connectivity index (χ0v) is 3.07. The molecule has 0 unspecified atom stereocenters. The first-order valence-electron chi connectivity index (χ1n) is 1.15. The summed E-state index contributed by atoms with van der Waals surface area (Å²) in [6.45, 7) is 6.72. The Balaban J connectivity index is 0. The summed E-state index contributed by atoms with van der Waals surface area (Å²) in [7, 11) is 0. The monoisotopic (exact) mass is 72.1 g/mol. The Bertz CT molecular complexity index is 24.6. The van der Waals surface area contributed by atoms with Crippen molar-refractivity contribution in [2.75, 3.05) is 0 Å². The van der Waals surface area contributed by atoms with E-state index in [-0.39, 0.29) is 5.48 Å². The van der Waals surface area contributed by atoms with Gasteiger partial charge in [-0.2, -0.15) is 0 Å². The van der Waals surface area contributed by atoms with Crippen LogP contribution in [0.2, 0.25) is 0 Å². The van der Waals surface area contributed by atoms with Crippen LogP contribution in [-0.2, 0) is 0 Å². The van der Waals surface area contributed by atoms with Crippen molar-refractivity contribution in [3.63, 3.8) is 0 Å². The van der Waals surface area contributed by atoms with Gasteiger partial charge in [0.05, 0.1) is 0 Å². The first kappa shape index (κ1) is 8.83. The molecule has 0 rings (SSSR count). The van der Waals surface area contributed by atoms with Gasteiger partial charge in [-0.05, 0) is 0 Å². The summed E-state index contributed by atoms with van der Waals surface area (Å²) < 4.78 is 0. The van der Waals surface area contributed by atoms with Crippen LogP contribution >= 0.6 is 0 Å². The smallest absolute Gasteiger partial charge is 0.0701 e. The van der Waals surface area contributed by atoms with Crippen LogP contribution in [0.5, 0.6) is 0 Å². The van der Waals surface area contributed by atoms with Crippen LogP contribution in [0.3, 0.4) is 0 Å². The molecule has 1 heteroatoms. The molecule has 0 bridgehead atoms. The predicted molar refractivity (Wildman–Crippen MR) is 24.0 cm³/mol. The molecule has 0 heterocycles. The Morgan fingerprint density at radius 1 is 1.00 bits per heavy atom. The average Bonchev–Trinajstić information content (AvgIpc) is 1.37. The maximum Gasteiger partial charge on any atom is -0.0701 e. The van der Waals surface area contributed by atoms with Crippen LogP contribution in [0.1, 0.15) is 0 Å². The van der Waals surface area contributed by atoms with E-state index in [1.54, 1.807) is 12.2 Å². The second-order valence-electron chi connectivity index (χ2n) is 0.471. The molecule has 0 fully saturated rings. The summed E-state index contributed by atoms with van der Waals surface area (Å²) in [6, 6.07) is 0. The van der Waals surface area contributed by atoms with Gasteiger partial charge in [-0.3, -0.25) is 0 Å². The lowest BCUT2D eigenvalue weighted by Crippen LogP contribution is -1.21. The van der Waals surface area contributed by atoms with E-state index in [9.17, 15) is 0 Å². The predicted octanol–water partition coefficient (Wildman–Crippen LogP) is 0.534. The van der Waals surface area contributed by atoms with E-state index in [0.29, 0.717) is 0 Å². The van der Waals surface area contributed by atoms with Gasteiger partial charge in [0.15, 0.2) is 0 Å². The molecule has 0 saturated carbocycles. The van der Waals surface area contributed by atoms with Crippen molar-refractivity contribution in [1.82, 2.24) is 0 Å². The molecule has 5 heavy (non-hydrogen) atoms. The van der Waals surface area contributed by atoms with Crippen molar-refractivity contribution in [3.8, 4) is 0 Å². The minimum Gasteiger partial charge on any atom is -0.412 e. The van der Waals surface area contributed by atoms with Crippen LogP contribution in [0.15, 0.2) is 25.3 Å². The maximum atomic E-state index is 3.36. The molecule has 0 amide bonds. The van der Waals surface area contributed by atoms with Gasteiger partial charge in [0.2, 0.25) is 0 Å². The minimum absolute atomic E-state index is 0. The third-order valence-corrected chi connectivity index (χ3v) is 0.167. The van der Waals surface area contributed by atoms with E-state index in [0.717, 1.165) is 0 Å². The van der Waals surface area contributed by atoms with Crippen molar-refractivity contribution in [3.05, 3.63) is 25.3 Å². The fraction of sp³-hybridized carbons (Fsp3) is 0. The van der Waals surface area contributed by atoms with Crippen LogP contribution in [0.25, 0.3) is 0 Å². The van der Waals surface area contributed by atoms with E-state index in [2.05, 4.69) is 13.2 Å². The third kappa shape index (κ3) is 36.8. The van der Waals surface area contributed by atoms with Gasteiger partial charge in [-0.25, -0.2) is 0 Å². The summed E-state index contributed by atoms with van der Waals surface area (Å²) in [6.07, 6.45) is 3.28. The van der Waals surface area contributed by atoms with E-state index < -0.39 is 0 Å². The molecule has 0 atom stereocenters. The Hall–Kier alpha value is -0.560. The lowest BCUT2D eigenvalue weighted by molar-refractivity contribution is 0.824. The first-order valence-corrected chi connectivity index (χ1v) is 1.15. The third-order valence-electron chi connectivity index (χ3n) is 0.167. The molecular formula is C4H8O. The molecule has 0 aliphatic rings. The summed E-state index contributed by atoms with van der Waals surface area (Å²) in [5, 5.41) is 0. The van der Waals surface area contributed by atoms with E-state index in [1.165, 1.54) is 0 Å². The number of hydrogen-bond acceptors (Lipinski definition) is 0. The van der Waals surface area contributed by atoms with E-state index in [4.69, 9.17) is 0 Å². The van der Waals surface area contributed by atoms with Gasteiger partial charge in [0, 0.05) is 0 Å². The van der Waals surface area contributed by atoms with Crippen molar-refractivity contribution < 1.29 is 5.48 Å². The lowest BCUT2D eigenvalue weighted by Gasteiger charge is -1.44. The highest BCUT2D eigenvalue weighted by molar-refractivity contribution is 4.88. The minimum atomic E-state index is 0. The van der Waals surface area contributed by atoms with E-state index in [1.807, 2.05) is 0 Å². The average molecular weight is 72.1 g/mol. The van der Waals surface area contributed by atoms with Gasteiger partial charge in [0.25, 0.3) is 0 Å². The van der Waals surface area contributed by atoms with Gasteiger partial charge in [-0.1, -0.05) is 25.3 Å². The molecule has 1 nitrogen and oxygen atoms in total. The molecule has 0 radical (unpaired) electrons. The second kappa shape index (κ2) is 9.88. The lowest BCUT2D eigenvalue weighted by atomic mass is 10.6. The summed E-state index contributed by atoms with van der Waals surface area (Å²) >= 11 is 0. The molecule has 0 saturated heterocycles. The molecule has 0 aliphatic carbocycles. The Morgan fingerprint density at radius 3 is 1.20 bits per heavy atom. The molecule has 0 spiro atoms. The molecule has 2 N–H and O–H groups in total. The quantitative estimate of drug-likeness (QED) is 0.405. The van der Waals surface area contributed by atoms with Crippen molar-refractivity contribution >= 4 is 0 Å². The first-order chi connectivity index (χ1) is 1.91. The highest BCUT2D eigenvalue weighted by atomic mass is 16.0. The van der Waals surface area contributed by atoms with Crippen LogP contribution in [0.4, 0.5) is 0 Å². The van der Waals surface area contributed by atoms with Crippen molar-refractivity contribution in [2.45, 2.75) is 0 Å². The van der Waals surface area contributed by atoms with Gasteiger partial charge in [0.1, 0.15) is 0 Å². The molecule has 0 aromatic carbocycles. The van der Waals surface area contributed by atoms with Crippen molar-refractivity contribution in [1.29, 1.82) is 0 Å². The maximum absolute atomic E-state index is 3.36. The van der Waals surface area contributed by atoms with Crippen LogP contribution in [-0.4, -0.2) is 5.48 Å². The Labute approximate surface area is 31.9 Å². The Morgan fingerprint density at radius 2 is 1.20 bits per heavy atom. The highest BCUT2D eigenvalue weighted by Crippen LogP contribution is 1.52. The van der Waals surface area contributed by atoms with Crippen molar-refractivity contribution in [2.24, 2.45) is 0 Å². The number of hydrogen-bond donors (Lipinski definition) is 0. The fourth-order valence-corrected chi connectivity index (χ4v) is 0. The summed E-state index contributed by atoms with van der Waals surface area (Å²) in [5.74, 6) is 0. The van der Waals surface area contributed by atoms with Crippen LogP contribution < -0.4 is 0 Å². The van der Waals surface area contributed by atoms with E-state index >= 15 is 0 Å². The Kier molecular flexibility index (Phi) is 17.4. The molecular weight excluding hydrogens is 64.0 g/mol. The normalized spacial score (nSPS) is 4.00. The van der Waals surface area contributed by atoms with Crippen LogP contribution in [0, 0.1) is 0 Å². The molecule has 30 valence electrons. The highest BCUT2D eigenvalue weighted by Gasteiger charge is 1.29. The summed E-state index contributed by atoms with van der Waals surface area (Å²) in [5.41, 5.74) is 0. The SMILES string of the molecule is C=CC=C.O. The number of rotatable bonds is 1. The zero-order chi connectivity index (χ0) is 3.41. The van der Waals surface area contributed by atoms with Gasteiger partial charge >= 0.3 is 0 Å². The zero-order valence-electron chi connectivity index (χ0n) is 3.07.